The molecule has 0 saturated carbocycles. The van der Waals surface area contributed by atoms with Gasteiger partial charge in [-0.15, -0.1) is 6.58 Å². The van der Waals surface area contributed by atoms with Crippen LogP contribution < -0.4 is 11.1 Å². The molecular formula is C11H13ClN2O. The molecule has 0 saturated heterocycles. The molecule has 1 aromatic rings. The lowest BCUT2D eigenvalue weighted by molar-refractivity contribution is 0.0948. The third kappa shape index (κ3) is 2.99. The third-order valence-electron chi connectivity index (χ3n) is 1.97. The number of anilines is 1. The molecule has 15 heavy (non-hydrogen) atoms. The van der Waals surface area contributed by atoms with Gasteiger partial charge < -0.3 is 11.1 Å². The summed E-state index contributed by atoms with van der Waals surface area (Å²) in [5.41, 5.74) is 6.46. The van der Waals surface area contributed by atoms with Gasteiger partial charge in [-0.05, 0) is 25.1 Å². The Morgan fingerprint density at radius 3 is 2.93 bits per heavy atom. The molecule has 0 aliphatic rings. The average molecular weight is 225 g/mol. The summed E-state index contributed by atoms with van der Waals surface area (Å²) in [6, 6.07) is 4.69. The van der Waals surface area contributed by atoms with Crippen LogP contribution >= 0.6 is 11.6 Å². The molecule has 1 atom stereocenters. The number of nitrogens with two attached hydrogens (primary N) is 1. The van der Waals surface area contributed by atoms with Crippen LogP contribution in [-0.2, 0) is 0 Å². The molecule has 1 aromatic carbocycles. The number of rotatable bonds is 3. The molecule has 0 aliphatic carbocycles. The Hall–Kier alpha value is -1.48. The van der Waals surface area contributed by atoms with Crippen molar-refractivity contribution in [3.05, 3.63) is 41.4 Å². The molecule has 80 valence electrons. The molecule has 1 unspecified atom stereocenters. The van der Waals surface area contributed by atoms with Crippen LogP contribution in [0.1, 0.15) is 17.3 Å². The number of halogens is 1. The first-order chi connectivity index (χ1) is 7.04. The normalized spacial score (nSPS) is 11.9. The maximum absolute atomic E-state index is 11.7. The van der Waals surface area contributed by atoms with E-state index < -0.39 is 0 Å². The number of amides is 1. The van der Waals surface area contributed by atoms with E-state index in [1.165, 1.54) is 0 Å². The summed E-state index contributed by atoms with van der Waals surface area (Å²) in [5, 5.41) is 3.20. The largest absolute Gasteiger partial charge is 0.398 e. The highest BCUT2D eigenvalue weighted by atomic mass is 35.5. The minimum Gasteiger partial charge on any atom is -0.398 e. The van der Waals surface area contributed by atoms with Gasteiger partial charge in [-0.2, -0.15) is 0 Å². The molecule has 4 heteroatoms. The van der Waals surface area contributed by atoms with Crippen LogP contribution in [0.5, 0.6) is 0 Å². The Bertz CT molecular complexity index is 390. The molecule has 3 N–H and O–H groups in total. The first-order valence-corrected chi connectivity index (χ1v) is 4.91. The lowest BCUT2D eigenvalue weighted by Crippen LogP contribution is -2.31. The van der Waals surface area contributed by atoms with Crippen molar-refractivity contribution in [3.63, 3.8) is 0 Å². The first-order valence-electron chi connectivity index (χ1n) is 4.53. The van der Waals surface area contributed by atoms with Crippen molar-refractivity contribution < 1.29 is 4.79 Å². The zero-order valence-corrected chi connectivity index (χ0v) is 9.21. The number of carbonyl (C=O) groups excluding carboxylic acids is 1. The SMILES string of the molecule is C=CC(C)NC(=O)c1cc(Cl)ccc1N. The van der Waals surface area contributed by atoms with E-state index in [0.717, 1.165) is 0 Å². The standard InChI is InChI=1S/C11H13ClN2O/c1-3-7(2)14-11(15)9-6-8(12)4-5-10(9)13/h3-7H,1,13H2,2H3,(H,14,15). The summed E-state index contributed by atoms with van der Waals surface area (Å²) < 4.78 is 0. The molecule has 3 nitrogen and oxygen atoms in total. The highest BCUT2D eigenvalue weighted by Crippen LogP contribution is 2.17. The zero-order chi connectivity index (χ0) is 11.4. The molecular weight excluding hydrogens is 212 g/mol. The van der Waals surface area contributed by atoms with Crippen molar-refractivity contribution in [2.24, 2.45) is 0 Å². The van der Waals surface area contributed by atoms with Crippen LogP contribution in [0.15, 0.2) is 30.9 Å². The number of nitrogens with one attached hydrogen (secondary N) is 1. The Morgan fingerprint density at radius 1 is 1.67 bits per heavy atom. The van der Waals surface area contributed by atoms with Crippen LogP contribution in [0.25, 0.3) is 0 Å². The number of hydrogen-bond acceptors (Lipinski definition) is 2. The first kappa shape index (κ1) is 11.6. The minimum atomic E-state index is -0.248. The average Bonchev–Trinajstić information content (AvgIpc) is 2.21. The maximum atomic E-state index is 11.7. The number of hydrogen-bond donors (Lipinski definition) is 2. The van der Waals surface area contributed by atoms with E-state index in [1.807, 2.05) is 6.92 Å². The molecule has 1 rings (SSSR count). The second kappa shape index (κ2) is 4.84. The summed E-state index contributed by atoms with van der Waals surface area (Å²) in [6.45, 7) is 5.40. The quantitative estimate of drug-likeness (QED) is 0.611. The Balaban J connectivity index is 2.90. The highest BCUT2D eigenvalue weighted by molar-refractivity contribution is 6.31. The van der Waals surface area contributed by atoms with Crippen molar-refractivity contribution in [2.45, 2.75) is 13.0 Å². The Morgan fingerprint density at radius 2 is 2.33 bits per heavy atom. The predicted molar refractivity (Wildman–Crippen MR) is 63.0 cm³/mol. The summed E-state index contributed by atoms with van der Waals surface area (Å²) in [7, 11) is 0. The van der Waals surface area contributed by atoms with E-state index in [-0.39, 0.29) is 11.9 Å². The highest BCUT2D eigenvalue weighted by Gasteiger charge is 2.11. The lowest BCUT2D eigenvalue weighted by atomic mass is 10.1. The van der Waals surface area contributed by atoms with Gasteiger partial charge >= 0.3 is 0 Å². The molecule has 0 bridgehead atoms. The van der Waals surface area contributed by atoms with Gasteiger partial charge in [0.15, 0.2) is 0 Å². The minimum absolute atomic E-state index is 0.101. The van der Waals surface area contributed by atoms with Gasteiger partial charge in [0.25, 0.3) is 5.91 Å². The predicted octanol–water partition coefficient (Wildman–Crippen LogP) is 2.23. The topological polar surface area (TPSA) is 55.1 Å². The van der Waals surface area contributed by atoms with Gasteiger partial charge in [0.05, 0.1) is 5.56 Å². The summed E-state index contributed by atoms with van der Waals surface area (Å²) in [6.07, 6.45) is 1.64. The van der Waals surface area contributed by atoms with Crippen molar-refractivity contribution in [2.75, 3.05) is 5.73 Å². The fourth-order valence-corrected chi connectivity index (χ4v) is 1.24. The van der Waals surface area contributed by atoms with E-state index >= 15 is 0 Å². The summed E-state index contributed by atoms with van der Waals surface area (Å²) >= 11 is 5.78. The Kier molecular flexibility index (Phi) is 3.74. The fraction of sp³-hybridized carbons (Fsp3) is 0.182. The zero-order valence-electron chi connectivity index (χ0n) is 8.46. The van der Waals surface area contributed by atoms with Gasteiger partial charge in [0.1, 0.15) is 0 Å². The van der Waals surface area contributed by atoms with Crippen LogP contribution in [0, 0.1) is 0 Å². The van der Waals surface area contributed by atoms with Gasteiger partial charge in [0.2, 0.25) is 0 Å². The van der Waals surface area contributed by atoms with Crippen LogP contribution in [0.3, 0.4) is 0 Å². The molecule has 0 spiro atoms. The number of benzene rings is 1. The van der Waals surface area contributed by atoms with Gasteiger partial charge in [0, 0.05) is 16.8 Å². The van der Waals surface area contributed by atoms with Crippen LogP contribution in [-0.4, -0.2) is 11.9 Å². The van der Waals surface area contributed by atoms with E-state index in [1.54, 1.807) is 24.3 Å². The second-order valence-corrected chi connectivity index (χ2v) is 3.67. The van der Waals surface area contributed by atoms with E-state index in [4.69, 9.17) is 17.3 Å². The van der Waals surface area contributed by atoms with Gasteiger partial charge in [-0.25, -0.2) is 0 Å². The van der Waals surface area contributed by atoms with Crippen molar-refractivity contribution in [1.82, 2.24) is 5.32 Å². The summed E-state index contributed by atoms with van der Waals surface area (Å²) in [4.78, 5) is 11.7. The molecule has 0 aliphatic heterocycles. The number of carbonyl (C=O) groups is 1. The molecule has 0 fully saturated rings. The molecule has 0 aromatic heterocycles. The van der Waals surface area contributed by atoms with Gasteiger partial charge in [-0.3, -0.25) is 4.79 Å². The Labute approximate surface area is 93.9 Å². The fourth-order valence-electron chi connectivity index (χ4n) is 1.07. The van der Waals surface area contributed by atoms with Crippen LogP contribution in [0.2, 0.25) is 5.02 Å². The lowest BCUT2D eigenvalue weighted by Gasteiger charge is -2.10. The molecule has 0 radical (unpaired) electrons. The van der Waals surface area contributed by atoms with E-state index in [2.05, 4.69) is 11.9 Å². The van der Waals surface area contributed by atoms with Crippen LogP contribution in [0.4, 0.5) is 5.69 Å². The summed E-state index contributed by atoms with van der Waals surface area (Å²) in [5.74, 6) is -0.248. The molecule has 1 amide bonds. The van der Waals surface area contributed by atoms with Gasteiger partial charge in [-0.1, -0.05) is 17.7 Å². The van der Waals surface area contributed by atoms with E-state index in [0.29, 0.717) is 16.3 Å². The van der Waals surface area contributed by atoms with E-state index in [9.17, 15) is 4.79 Å². The van der Waals surface area contributed by atoms with Crippen molar-refractivity contribution in [1.29, 1.82) is 0 Å². The monoisotopic (exact) mass is 224 g/mol. The van der Waals surface area contributed by atoms with Crippen molar-refractivity contribution >= 4 is 23.2 Å². The van der Waals surface area contributed by atoms with Crippen molar-refractivity contribution in [3.8, 4) is 0 Å². The smallest absolute Gasteiger partial charge is 0.253 e. The maximum Gasteiger partial charge on any atom is 0.253 e. The number of nitrogen functional groups attached to an aromatic ring is 1. The molecule has 0 heterocycles. The second-order valence-electron chi connectivity index (χ2n) is 3.23. The third-order valence-corrected chi connectivity index (χ3v) is 2.21.